The number of piperidine rings is 1. The minimum Gasteiger partial charge on any atom is -0.508 e. The molecule has 2 aromatic rings. The molecule has 12 N–H and O–H groups in total. The number of ether oxygens (including phenoxy) is 1. The lowest BCUT2D eigenvalue weighted by molar-refractivity contribution is -0.165. The topological polar surface area (TPSA) is 355 Å². The number of phenolic OH excluding ortho intramolecular Hbond substituents is 1. The van der Waals surface area contributed by atoms with Crippen molar-refractivity contribution in [2.75, 3.05) is 13.6 Å². The highest BCUT2D eigenvalue weighted by Gasteiger charge is 2.46. The zero-order chi connectivity index (χ0) is 53.2. The number of esters is 1. The molecule has 0 spiro atoms. The number of rotatable bonds is 18. The number of nitrogens with two attached hydrogens (primary N) is 2. The Labute approximate surface area is 418 Å². The van der Waals surface area contributed by atoms with Gasteiger partial charge in [-0.25, -0.2) is 4.79 Å². The van der Waals surface area contributed by atoms with Gasteiger partial charge in [0.2, 0.25) is 41.4 Å². The highest BCUT2D eigenvalue weighted by molar-refractivity contribution is 5.99. The summed E-state index contributed by atoms with van der Waals surface area (Å²) in [5.41, 5.74) is 12.1. The molecule has 0 aromatic heterocycles. The van der Waals surface area contributed by atoms with Crippen LogP contribution in [0.25, 0.3) is 0 Å². The molecule has 7 unspecified atom stereocenters. The second-order valence-corrected chi connectivity index (χ2v) is 18.4. The van der Waals surface area contributed by atoms with Crippen molar-refractivity contribution in [2.24, 2.45) is 22.4 Å². The lowest BCUT2D eigenvalue weighted by Gasteiger charge is -2.43. The third kappa shape index (κ3) is 16.7. The van der Waals surface area contributed by atoms with Crippen LogP contribution in [0.15, 0.2) is 59.6 Å². The SMILES string of the molecule is CCCCCC(=O)NC(CC(=O)O)C(=O)N[C@@H]1C(=O)NC(CCCN=C(N)N)C(=O)NC2CCC(O)N(C2=O)C(Cc2ccccc2)C(=O)N(C)C(Cc2ccc(O)cc2)C(=O)NC(C(C)C)C(=O)O[C@@H]1C. The minimum atomic E-state index is -1.89. The number of aromatic hydroxyl groups is 1. The van der Waals surface area contributed by atoms with Crippen LogP contribution in [0.3, 0.4) is 0 Å². The lowest BCUT2D eigenvalue weighted by atomic mass is 9.95. The van der Waals surface area contributed by atoms with E-state index >= 15 is 4.79 Å². The molecule has 0 aliphatic carbocycles. The number of amides is 7. The van der Waals surface area contributed by atoms with E-state index in [2.05, 4.69) is 31.6 Å². The number of hydrogen-bond acceptors (Lipinski definition) is 13. The van der Waals surface area contributed by atoms with E-state index in [0.717, 1.165) is 16.2 Å². The molecule has 2 heterocycles. The summed E-state index contributed by atoms with van der Waals surface area (Å²) < 4.78 is 5.83. The highest BCUT2D eigenvalue weighted by atomic mass is 16.5. The molecular weight excluding hydrogens is 937 g/mol. The van der Waals surface area contributed by atoms with Crippen LogP contribution in [0.5, 0.6) is 5.75 Å². The summed E-state index contributed by atoms with van der Waals surface area (Å²) in [7, 11) is 1.33. The van der Waals surface area contributed by atoms with Gasteiger partial charge in [0.05, 0.1) is 6.42 Å². The number of benzene rings is 2. The van der Waals surface area contributed by atoms with Gasteiger partial charge in [-0.1, -0.05) is 76.1 Å². The van der Waals surface area contributed by atoms with Crippen LogP contribution in [0.2, 0.25) is 0 Å². The second kappa shape index (κ2) is 27.3. The Bertz CT molecular complexity index is 2260. The van der Waals surface area contributed by atoms with Crippen LogP contribution < -0.4 is 38.1 Å². The van der Waals surface area contributed by atoms with E-state index in [0.29, 0.717) is 24.0 Å². The number of nitrogens with one attached hydrogen (secondary N) is 5. The summed E-state index contributed by atoms with van der Waals surface area (Å²) in [4.78, 5) is 132. The maximum absolute atomic E-state index is 15.1. The first-order valence-electron chi connectivity index (χ1n) is 24.2. The van der Waals surface area contributed by atoms with Gasteiger partial charge in [-0.3, -0.25) is 43.3 Å². The minimum absolute atomic E-state index is 0.0137. The van der Waals surface area contributed by atoms with Crippen molar-refractivity contribution in [1.82, 2.24) is 36.4 Å². The number of likely N-dealkylation sites (N-methyl/N-ethyl adjacent to an activating group) is 1. The molecule has 2 aliphatic rings. The van der Waals surface area contributed by atoms with E-state index in [1.165, 1.54) is 38.2 Å². The average Bonchev–Trinajstić information content (AvgIpc) is 3.32. The Morgan fingerprint density at radius 3 is 2.12 bits per heavy atom. The van der Waals surface area contributed by atoms with E-state index in [4.69, 9.17) is 16.2 Å². The molecule has 2 aliphatic heterocycles. The van der Waals surface area contributed by atoms with Gasteiger partial charge >= 0.3 is 11.9 Å². The molecule has 0 radical (unpaired) electrons. The molecular formula is C49H70N10O13. The number of unbranched alkanes of at least 4 members (excludes halogenated alkanes) is 2. The number of carbonyl (C=O) groups is 9. The number of nitrogens with zero attached hydrogens (tertiary/aromatic N) is 3. The predicted octanol–water partition coefficient (Wildman–Crippen LogP) is -0.552. The number of cyclic esters (lactones) is 1. The molecule has 23 nitrogen and oxygen atoms in total. The molecule has 7 amide bonds. The van der Waals surface area contributed by atoms with Gasteiger partial charge in [-0.05, 0) is 68.2 Å². The monoisotopic (exact) mass is 1010 g/mol. The smallest absolute Gasteiger partial charge is 0.329 e. The van der Waals surface area contributed by atoms with E-state index < -0.39 is 120 Å². The average molecular weight is 1010 g/mol. The van der Waals surface area contributed by atoms with E-state index in [1.807, 2.05) is 6.92 Å². The molecule has 2 saturated heterocycles. The Hall–Kier alpha value is -7.30. The third-order valence-corrected chi connectivity index (χ3v) is 12.5. The van der Waals surface area contributed by atoms with Crippen LogP contribution in [0, 0.1) is 5.92 Å². The fraction of sp³-hybridized carbons (Fsp3) is 0.551. The van der Waals surface area contributed by atoms with Crippen LogP contribution in [-0.2, 0) is 60.7 Å². The summed E-state index contributed by atoms with van der Waals surface area (Å²) in [5, 5.41) is 44.1. The number of carboxylic acids is 1. The Balaban J connectivity index is 1.88. The Morgan fingerprint density at radius 1 is 0.847 bits per heavy atom. The van der Waals surface area contributed by atoms with Gasteiger partial charge in [-0.15, -0.1) is 0 Å². The maximum atomic E-state index is 15.1. The third-order valence-electron chi connectivity index (χ3n) is 12.5. The molecule has 2 aromatic carbocycles. The quantitative estimate of drug-likeness (QED) is 0.0388. The fourth-order valence-electron chi connectivity index (χ4n) is 8.41. The Kier molecular flexibility index (Phi) is 21.8. The first kappa shape index (κ1) is 57.3. The van der Waals surface area contributed by atoms with E-state index in [-0.39, 0.29) is 63.2 Å². The number of carbonyl (C=O) groups excluding carboxylic acids is 8. The number of phenols is 1. The normalized spacial score (nSPS) is 24.0. The van der Waals surface area contributed by atoms with Gasteiger partial charge in [0.1, 0.15) is 60.4 Å². The number of hydrogen-bond donors (Lipinski definition) is 10. The van der Waals surface area contributed by atoms with E-state index in [9.17, 15) is 53.7 Å². The zero-order valence-electron chi connectivity index (χ0n) is 41.4. The van der Waals surface area contributed by atoms with Gasteiger partial charge in [0, 0.05) is 32.9 Å². The maximum Gasteiger partial charge on any atom is 0.329 e. The van der Waals surface area contributed by atoms with Crippen molar-refractivity contribution in [3.05, 3.63) is 65.7 Å². The van der Waals surface area contributed by atoms with Gasteiger partial charge in [0.25, 0.3) is 0 Å². The van der Waals surface area contributed by atoms with Crippen LogP contribution >= 0.6 is 0 Å². The summed E-state index contributed by atoms with van der Waals surface area (Å²) in [6, 6.07) is 3.62. The molecule has 4 rings (SSSR count). The number of aliphatic imine (C=N–C) groups is 1. The lowest BCUT2D eigenvalue weighted by Crippen LogP contribution is -2.65. The number of aliphatic hydroxyl groups excluding tert-OH is 1. The van der Waals surface area contributed by atoms with Crippen LogP contribution in [-0.4, -0.2) is 153 Å². The summed E-state index contributed by atoms with van der Waals surface area (Å²) >= 11 is 0. The largest absolute Gasteiger partial charge is 0.508 e. The molecule has 9 atom stereocenters. The van der Waals surface area contributed by atoms with Crippen molar-refractivity contribution in [1.29, 1.82) is 0 Å². The zero-order valence-corrected chi connectivity index (χ0v) is 41.4. The molecule has 0 saturated carbocycles. The number of aliphatic carboxylic acids is 1. The van der Waals surface area contributed by atoms with Crippen molar-refractivity contribution < 1.29 is 63.2 Å². The predicted molar refractivity (Wildman–Crippen MR) is 261 cm³/mol. The Morgan fingerprint density at radius 2 is 1.50 bits per heavy atom. The first-order chi connectivity index (χ1) is 34.1. The van der Waals surface area contributed by atoms with Crippen molar-refractivity contribution in [3.8, 4) is 5.75 Å². The second-order valence-electron chi connectivity index (χ2n) is 18.4. The van der Waals surface area contributed by atoms with Gasteiger partial charge in [-0.2, -0.15) is 0 Å². The number of carboxylic acid groups (broad SMARTS) is 1. The van der Waals surface area contributed by atoms with Crippen LogP contribution in [0.1, 0.15) is 96.6 Å². The van der Waals surface area contributed by atoms with Crippen molar-refractivity contribution >= 4 is 59.2 Å². The summed E-state index contributed by atoms with van der Waals surface area (Å²) in [5.74, 6) is -9.91. The number of fused-ring (bicyclic) bond motifs is 2. The van der Waals surface area contributed by atoms with Gasteiger partial charge < -0.3 is 67.9 Å². The fourth-order valence-corrected chi connectivity index (χ4v) is 8.41. The summed E-state index contributed by atoms with van der Waals surface area (Å²) in [6.07, 6.45) is -2.82. The molecule has 2 bridgehead atoms. The van der Waals surface area contributed by atoms with Gasteiger partial charge in [0.15, 0.2) is 5.96 Å². The molecule has 72 heavy (non-hydrogen) atoms. The van der Waals surface area contributed by atoms with Crippen molar-refractivity contribution in [3.63, 3.8) is 0 Å². The number of guanidine groups is 1. The molecule has 2 fully saturated rings. The van der Waals surface area contributed by atoms with Crippen molar-refractivity contribution in [2.45, 2.75) is 153 Å². The summed E-state index contributed by atoms with van der Waals surface area (Å²) in [6.45, 7) is 6.31. The van der Waals surface area contributed by atoms with E-state index in [1.54, 1.807) is 44.2 Å². The first-order valence-corrected chi connectivity index (χ1v) is 24.2. The highest BCUT2D eigenvalue weighted by Crippen LogP contribution is 2.26. The molecule has 394 valence electrons. The molecule has 23 heteroatoms. The number of aliphatic hydroxyl groups is 1. The standard InChI is InChI=1S/C49H70N10O13/c1-6-7-9-16-37(61)53-34(26-39(63)64)43(66)57-41-28(4)72-48(71)40(27(2)3)56-44(67)35(24-30-17-19-31(60)20-18-30)58(5)47(70)36(25-29-13-10-8-11-14-29)59-38(62)22-21-33(46(59)69)55-42(65)32(54-45(41)68)15-12-23-52-49(50)51/h8,10-11,13-14,17-20,27-28,32-36,38,40-41,60,62H,6-7,9,12,15-16,21-26H2,1-5H3,(H,53,61)(H,54,68)(H,55,65)(H,56,67)(H,57,66)(H,63,64)(H4,50,51,52)/t28-,32?,33?,34?,35?,36?,38?,40?,41+/m1/s1. The van der Waals surface area contributed by atoms with Crippen LogP contribution in [0.4, 0.5) is 0 Å².